The zero-order valence-corrected chi connectivity index (χ0v) is 16.0. The largest absolute Gasteiger partial charge is 0.525 e. The summed E-state index contributed by atoms with van der Waals surface area (Å²) in [7, 11) is -1.03. The summed E-state index contributed by atoms with van der Waals surface area (Å²) in [5, 5.41) is 0. The molecule has 4 aliphatic rings. The van der Waals surface area contributed by atoms with Gasteiger partial charge in [-0.2, -0.15) is 0 Å². The van der Waals surface area contributed by atoms with Crippen LogP contribution in [0, 0.1) is 11.3 Å². The second kappa shape index (κ2) is 5.74. The highest BCUT2D eigenvalue weighted by molar-refractivity contribution is 6.53. The van der Waals surface area contributed by atoms with Crippen LogP contribution in [0.1, 0.15) is 66.2 Å². The Kier molecular flexibility index (Phi) is 4.15. The molecule has 0 bridgehead atoms. The van der Waals surface area contributed by atoms with Gasteiger partial charge in [0.15, 0.2) is 0 Å². The third-order valence-electron chi connectivity index (χ3n) is 7.45. The monoisotopic (exact) mass is 372 g/mol. The van der Waals surface area contributed by atoms with Crippen LogP contribution in [0.15, 0.2) is 11.3 Å². The van der Waals surface area contributed by atoms with Crippen molar-refractivity contribution in [3.8, 4) is 0 Å². The minimum Gasteiger partial charge on any atom is -0.398 e. The lowest BCUT2D eigenvalue weighted by molar-refractivity contribution is 0.00578. The topological polar surface area (TPSA) is 27.7 Å². The summed E-state index contributed by atoms with van der Waals surface area (Å²) in [6.45, 7) is 8.07. The minimum absolute atomic E-state index is 0.312. The Hall–Kier alpha value is -0.525. The molecule has 2 unspecified atom stereocenters. The van der Waals surface area contributed by atoms with Gasteiger partial charge in [0.05, 0.1) is 23.2 Å². The van der Waals surface area contributed by atoms with E-state index < -0.39 is 41.3 Å². The van der Waals surface area contributed by atoms with E-state index in [0.29, 0.717) is 44.3 Å². The first-order valence-corrected chi connectivity index (χ1v) is 9.74. The van der Waals surface area contributed by atoms with E-state index in [9.17, 15) is 13.2 Å². The molecule has 4 rings (SSSR count). The molecule has 2 saturated heterocycles. The molecule has 0 aromatic heterocycles. The van der Waals surface area contributed by atoms with Gasteiger partial charge in [0, 0.05) is 12.0 Å². The highest BCUT2D eigenvalue weighted by Gasteiger charge is 2.81. The smallest absolute Gasteiger partial charge is 0.398 e. The Morgan fingerprint density at radius 3 is 2.12 bits per heavy atom. The molecule has 0 amide bonds. The zero-order chi connectivity index (χ0) is 19.0. The molecular weight excluding hydrogens is 344 g/mol. The fourth-order valence-corrected chi connectivity index (χ4v) is 4.99. The molecule has 2 atom stereocenters. The number of alkyl halides is 2. The first-order chi connectivity index (χ1) is 12.0. The molecule has 7 heteroatoms. The predicted molar refractivity (Wildman–Crippen MR) is 92.5 cm³/mol. The zero-order valence-electron chi connectivity index (χ0n) is 16.0. The van der Waals surface area contributed by atoms with Crippen molar-refractivity contribution in [2.45, 2.75) is 89.4 Å². The van der Waals surface area contributed by atoms with Gasteiger partial charge >= 0.3 is 7.12 Å². The van der Waals surface area contributed by atoms with Crippen LogP contribution in [-0.4, -0.2) is 37.0 Å². The van der Waals surface area contributed by atoms with E-state index in [1.54, 1.807) is 0 Å². The van der Waals surface area contributed by atoms with Gasteiger partial charge in [-0.15, -0.1) is 0 Å². The number of halogens is 3. The van der Waals surface area contributed by atoms with Gasteiger partial charge < -0.3 is 14.0 Å². The normalized spacial score (nSPS) is 40.3. The highest BCUT2D eigenvalue weighted by atomic mass is 19.3. The SMILES string of the molecule is CC1(C)OB(C(F)=C2CCC3(CC2)C(C2CCCO2)C3(F)F)OC1(C)C. The molecule has 0 aromatic rings. The summed E-state index contributed by atoms with van der Waals surface area (Å²) in [5.41, 5.74) is -2.07. The molecule has 0 N–H and O–H groups in total. The molecular formula is C19H28BF3O3. The van der Waals surface area contributed by atoms with E-state index in [1.165, 1.54) is 0 Å². The maximum atomic E-state index is 15.0. The third-order valence-corrected chi connectivity index (χ3v) is 7.45. The van der Waals surface area contributed by atoms with Gasteiger partial charge in [0.25, 0.3) is 5.92 Å². The van der Waals surface area contributed by atoms with E-state index >= 15 is 0 Å². The van der Waals surface area contributed by atoms with Crippen molar-refractivity contribution in [3.63, 3.8) is 0 Å². The summed E-state index contributed by atoms with van der Waals surface area (Å²) in [6.07, 6.45) is 2.55. The average molecular weight is 372 g/mol. The molecule has 1 spiro atoms. The van der Waals surface area contributed by atoms with Gasteiger partial charge in [0.1, 0.15) is 5.73 Å². The molecule has 4 fully saturated rings. The number of hydrogen-bond donors (Lipinski definition) is 0. The summed E-state index contributed by atoms with van der Waals surface area (Å²) >= 11 is 0. The average Bonchev–Trinajstić information content (AvgIpc) is 2.95. The number of allylic oxidation sites excluding steroid dienone is 1. The van der Waals surface area contributed by atoms with Gasteiger partial charge in [-0.25, -0.2) is 13.2 Å². The van der Waals surface area contributed by atoms with E-state index in [1.807, 2.05) is 27.7 Å². The summed E-state index contributed by atoms with van der Waals surface area (Å²) in [4.78, 5) is 0. The lowest BCUT2D eigenvalue weighted by Gasteiger charge is -2.32. The second-order valence-electron chi connectivity index (χ2n) is 9.35. The van der Waals surface area contributed by atoms with E-state index in [-0.39, 0.29) is 6.10 Å². The Balaban J connectivity index is 1.46. The number of rotatable bonds is 2. The molecule has 3 nitrogen and oxygen atoms in total. The first-order valence-electron chi connectivity index (χ1n) is 9.74. The maximum absolute atomic E-state index is 15.0. The lowest BCUT2D eigenvalue weighted by Crippen LogP contribution is -2.41. The number of ether oxygens (including phenoxy) is 1. The molecule has 0 aromatic carbocycles. The minimum atomic E-state index is -2.69. The Morgan fingerprint density at radius 2 is 1.62 bits per heavy atom. The Bertz CT molecular complexity index is 600. The van der Waals surface area contributed by atoms with E-state index in [0.717, 1.165) is 6.42 Å². The van der Waals surface area contributed by atoms with Crippen LogP contribution in [0.4, 0.5) is 13.2 Å². The maximum Gasteiger partial charge on any atom is 0.525 e. The van der Waals surface area contributed by atoms with Crippen LogP contribution in [-0.2, 0) is 14.0 Å². The van der Waals surface area contributed by atoms with Crippen LogP contribution in [0.2, 0.25) is 0 Å². The van der Waals surface area contributed by atoms with Gasteiger partial charge in [-0.1, -0.05) is 0 Å². The molecule has 2 saturated carbocycles. The van der Waals surface area contributed by atoms with Crippen LogP contribution in [0.3, 0.4) is 0 Å². The van der Waals surface area contributed by atoms with E-state index in [4.69, 9.17) is 14.0 Å². The van der Waals surface area contributed by atoms with Crippen LogP contribution >= 0.6 is 0 Å². The predicted octanol–water partition coefficient (Wildman–Crippen LogP) is 4.85. The molecule has 146 valence electrons. The molecule has 2 heterocycles. The van der Waals surface area contributed by atoms with Gasteiger partial charge in [-0.3, -0.25) is 0 Å². The molecule has 26 heavy (non-hydrogen) atoms. The van der Waals surface area contributed by atoms with Gasteiger partial charge in [0.2, 0.25) is 0 Å². The molecule has 2 aliphatic heterocycles. The summed E-state index contributed by atoms with van der Waals surface area (Å²) < 4.78 is 61.2. The fourth-order valence-electron chi connectivity index (χ4n) is 4.99. The Labute approximate surface area is 153 Å². The van der Waals surface area contributed by atoms with Crippen molar-refractivity contribution < 1.29 is 27.2 Å². The molecule has 0 radical (unpaired) electrons. The van der Waals surface area contributed by atoms with Crippen LogP contribution < -0.4 is 0 Å². The third kappa shape index (κ3) is 2.53. The lowest BCUT2D eigenvalue weighted by atomic mass is 9.75. The Morgan fingerprint density at radius 1 is 1.04 bits per heavy atom. The highest BCUT2D eigenvalue weighted by Crippen LogP contribution is 2.74. The van der Waals surface area contributed by atoms with Crippen molar-refractivity contribution >= 4 is 7.12 Å². The van der Waals surface area contributed by atoms with Crippen molar-refractivity contribution in [1.29, 1.82) is 0 Å². The van der Waals surface area contributed by atoms with Crippen molar-refractivity contribution in [3.05, 3.63) is 11.3 Å². The number of hydrogen-bond acceptors (Lipinski definition) is 3. The van der Waals surface area contributed by atoms with Crippen molar-refractivity contribution in [2.24, 2.45) is 11.3 Å². The van der Waals surface area contributed by atoms with Crippen LogP contribution in [0.5, 0.6) is 0 Å². The van der Waals surface area contributed by atoms with Gasteiger partial charge in [-0.05, 0) is 71.8 Å². The van der Waals surface area contributed by atoms with Crippen molar-refractivity contribution in [1.82, 2.24) is 0 Å². The van der Waals surface area contributed by atoms with Crippen LogP contribution in [0.25, 0.3) is 0 Å². The second-order valence-corrected chi connectivity index (χ2v) is 9.35. The molecule has 2 aliphatic carbocycles. The first kappa shape index (κ1) is 18.8. The summed E-state index contributed by atoms with van der Waals surface area (Å²) in [6, 6.07) is 0. The van der Waals surface area contributed by atoms with E-state index in [2.05, 4.69) is 0 Å². The fraction of sp³-hybridized carbons (Fsp3) is 0.895. The quantitative estimate of drug-likeness (QED) is 0.649. The standard InChI is InChI=1S/C19H28BF3O3/c1-16(2)17(3,4)26-20(25-16)15(21)12-7-9-18(10-8-12)14(19(18,22)23)13-6-5-11-24-13/h13-14H,5-11H2,1-4H3. The van der Waals surface area contributed by atoms with Crippen molar-refractivity contribution in [2.75, 3.05) is 6.61 Å². The summed E-state index contributed by atoms with van der Waals surface area (Å²) in [5.74, 6) is -3.38.